The first-order valence-corrected chi connectivity index (χ1v) is 5.93. The van der Waals surface area contributed by atoms with Gasteiger partial charge in [-0.3, -0.25) is 0 Å². The Kier molecular flexibility index (Phi) is 3.71. The van der Waals surface area contributed by atoms with Gasteiger partial charge in [0.25, 0.3) is 0 Å². The highest BCUT2D eigenvalue weighted by molar-refractivity contribution is 5.43. The van der Waals surface area contributed by atoms with Crippen LogP contribution in [0.15, 0.2) is 24.3 Å². The lowest BCUT2D eigenvalue weighted by Crippen LogP contribution is -2.08. The summed E-state index contributed by atoms with van der Waals surface area (Å²) in [6.07, 6.45) is 0.964. The number of aromatic nitrogens is 2. The van der Waals surface area contributed by atoms with Gasteiger partial charge in [-0.05, 0) is 24.1 Å². The van der Waals surface area contributed by atoms with Gasteiger partial charge in [0, 0.05) is 6.42 Å². The first kappa shape index (κ1) is 13.0. The summed E-state index contributed by atoms with van der Waals surface area (Å²) in [5.74, 6) is -0.170. The van der Waals surface area contributed by atoms with Gasteiger partial charge in [-0.25, -0.2) is 14.4 Å². The van der Waals surface area contributed by atoms with Crippen molar-refractivity contribution in [2.45, 2.75) is 19.8 Å². The van der Waals surface area contributed by atoms with Gasteiger partial charge < -0.3 is 5.73 Å². The van der Waals surface area contributed by atoms with Crippen LogP contribution in [0.1, 0.15) is 29.4 Å². The van der Waals surface area contributed by atoms with Gasteiger partial charge in [-0.15, -0.1) is 0 Å². The van der Waals surface area contributed by atoms with E-state index in [1.807, 2.05) is 6.92 Å². The van der Waals surface area contributed by atoms with Gasteiger partial charge in [0.15, 0.2) is 0 Å². The number of rotatable bonds is 3. The number of halogens is 1. The van der Waals surface area contributed by atoms with E-state index in [4.69, 9.17) is 5.73 Å². The fourth-order valence-corrected chi connectivity index (χ4v) is 1.93. The number of benzene rings is 1. The zero-order valence-electron chi connectivity index (χ0n) is 10.5. The van der Waals surface area contributed by atoms with Crippen LogP contribution in [0.25, 0.3) is 0 Å². The summed E-state index contributed by atoms with van der Waals surface area (Å²) in [4.78, 5) is 8.15. The van der Waals surface area contributed by atoms with E-state index in [0.29, 0.717) is 29.8 Å². The number of nitrogen functional groups attached to an aromatic ring is 1. The van der Waals surface area contributed by atoms with Crippen LogP contribution in [0.2, 0.25) is 0 Å². The second kappa shape index (κ2) is 5.44. The highest BCUT2D eigenvalue weighted by atomic mass is 19.1. The molecule has 0 spiro atoms. The molecule has 0 fully saturated rings. The monoisotopic (exact) mass is 256 g/mol. The average Bonchev–Trinajstić information content (AvgIpc) is 2.38. The fraction of sp³-hybridized carbons (Fsp3) is 0.214. The van der Waals surface area contributed by atoms with E-state index in [2.05, 4.69) is 16.0 Å². The minimum atomic E-state index is -0.311. The van der Waals surface area contributed by atoms with E-state index in [1.165, 1.54) is 12.1 Å². The Morgan fingerprint density at radius 2 is 2.05 bits per heavy atom. The highest BCUT2D eigenvalue weighted by Crippen LogP contribution is 2.17. The zero-order chi connectivity index (χ0) is 13.8. The second-order valence-electron chi connectivity index (χ2n) is 4.12. The van der Waals surface area contributed by atoms with Crippen LogP contribution in [-0.4, -0.2) is 9.97 Å². The van der Waals surface area contributed by atoms with Crippen LogP contribution >= 0.6 is 0 Å². The van der Waals surface area contributed by atoms with Crippen molar-refractivity contribution in [3.8, 4) is 6.07 Å². The molecule has 1 heterocycles. The molecule has 0 bridgehead atoms. The maximum Gasteiger partial charge on any atom is 0.220 e. The number of anilines is 1. The third kappa shape index (κ3) is 2.86. The Labute approximate surface area is 110 Å². The van der Waals surface area contributed by atoms with Crippen molar-refractivity contribution < 1.29 is 4.39 Å². The molecule has 2 N–H and O–H groups in total. The normalized spacial score (nSPS) is 10.2. The lowest BCUT2D eigenvalue weighted by atomic mass is 10.0. The van der Waals surface area contributed by atoms with Gasteiger partial charge in [0.05, 0.1) is 17.0 Å². The molecule has 0 aliphatic heterocycles. The van der Waals surface area contributed by atoms with Crippen LogP contribution in [0.4, 0.5) is 10.3 Å². The van der Waals surface area contributed by atoms with Gasteiger partial charge in [-0.1, -0.05) is 19.1 Å². The molecule has 19 heavy (non-hydrogen) atoms. The number of nitrogens with two attached hydrogens (primary N) is 1. The fourth-order valence-electron chi connectivity index (χ4n) is 1.93. The van der Waals surface area contributed by atoms with Crippen LogP contribution in [-0.2, 0) is 12.8 Å². The van der Waals surface area contributed by atoms with Gasteiger partial charge in [-0.2, -0.15) is 5.26 Å². The van der Waals surface area contributed by atoms with E-state index in [0.717, 1.165) is 5.56 Å². The molecule has 0 atom stereocenters. The molecular weight excluding hydrogens is 243 g/mol. The van der Waals surface area contributed by atoms with Gasteiger partial charge >= 0.3 is 0 Å². The van der Waals surface area contributed by atoms with Crippen LogP contribution < -0.4 is 5.73 Å². The summed E-state index contributed by atoms with van der Waals surface area (Å²) in [6, 6.07) is 8.31. The molecule has 1 aromatic heterocycles. The number of aryl methyl sites for hydroxylation is 1. The number of nitriles is 1. The van der Waals surface area contributed by atoms with Crippen LogP contribution in [0.5, 0.6) is 0 Å². The molecule has 0 amide bonds. The smallest absolute Gasteiger partial charge is 0.220 e. The van der Waals surface area contributed by atoms with Crippen molar-refractivity contribution in [2.75, 3.05) is 5.73 Å². The summed E-state index contributed by atoms with van der Waals surface area (Å²) >= 11 is 0. The maximum atomic E-state index is 13.2. The molecule has 5 heteroatoms. The number of hydrogen-bond acceptors (Lipinski definition) is 4. The van der Waals surface area contributed by atoms with E-state index >= 15 is 0 Å². The summed E-state index contributed by atoms with van der Waals surface area (Å²) in [6.45, 7) is 1.90. The van der Waals surface area contributed by atoms with E-state index < -0.39 is 0 Å². The molecule has 96 valence electrons. The predicted molar refractivity (Wildman–Crippen MR) is 69.7 cm³/mol. The van der Waals surface area contributed by atoms with Crippen molar-refractivity contribution in [3.05, 3.63) is 52.6 Å². The predicted octanol–water partition coefficient (Wildman–Crippen LogP) is 2.22. The topological polar surface area (TPSA) is 75.6 Å². The molecule has 0 saturated heterocycles. The molecule has 0 unspecified atom stereocenters. The molecule has 0 saturated carbocycles. The Morgan fingerprint density at radius 3 is 2.68 bits per heavy atom. The molecular formula is C14H13FN4. The van der Waals surface area contributed by atoms with Crippen molar-refractivity contribution >= 4 is 5.95 Å². The first-order chi connectivity index (χ1) is 9.13. The van der Waals surface area contributed by atoms with Crippen LogP contribution in [0, 0.1) is 17.1 Å². The van der Waals surface area contributed by atoms with Gasteiger partial charge in [0.1, 0.15) is 11.9 Å². The summed E-state index contributed by atoms with van der Waals surface area (Å²) < 4.78 is 13.2. The van der Waals surface area contributed by atoms with Crippen molar-refractivity contribution in [1.29, 1.82) is 5.26 Å². The van der Waals surface area contributed by atoms with Gasteiger partial charge in [0.2, 0.25) is 5.95 Å². The SMILES string of the molecule is CCc1nc(N)nc(Cc2cccc(F)c2)c1C#N. The third-order valence-electron chi connectivity index (χ3n) is 2.78. The molecule has 0 radical (unpaired) electrons. The number of hydrogen-bond donors (Lipinski definition) is 1. The van der Waals surface area contributed by atoms with Crippen LogP contribution in [0.3, 0.4) is 0 Å². The third-order valence-corrected chi connectivity index (χ3v) is 2.78. The molecule has 0 aliphatic carbocycles. The largest absolute Gasteiger partial charge is 0.368 e. The van der Waals surface area contributed by atoms with Crippen molar-refractivity contribution in [2.24, 2.45) is 0 Å². The quantitative estimate of drug-likeness (QED) is 0.913. The number of nitrogens with zero attached hydrogens (tertiary/aromatic N) is 3. The van der Waals surface area contributed by atoms with Crippen molar-refractivity contribution in [3.63, 3.8) is 0 Å². The zero-order valence-corrected chi connectivity index (χ0v) is 10.5. The Balaban J connectivity index is 2.45. The summed E-state index contributed by atoms with van der Waals surface area (Å²) in [5.41, 5.74) is 7.98. The Bertz CT molecular complexity index is 646. The minimum Gasteiger partial charge on any atom is -0.368 e. The van der Waals surface area contributed by atoms with E-state index in [-0.39, 0.29) is 11.8 Å². The highest BCUT2D eigenvalue weighted by Gasteiger charge is 2.12. The summed E-state index contributed by atoms with van der Waals surface area (Å²) in [7, 11) is 0. The second-order valence-corrected chi connectivity index (χ2v) is 4.12. The molecule has 1 aromatic carbocycles. The lowest BCUT2D eigenvalue weighted by molar-refractivity contribution is 0.626. The lowest BCUT2D eigenvalue weighted by Gasteiger charge is -2.08. The Morgan fingerprint density at radius 1 is 1.32 bits per heavy atom. The standard InChI is InChI=1S/C14H13FN4/c1-2-12-11(8-16)13(19-14(17)18-12)7-9-4-3-5-10(15)6-9/h3-6H,2,7H2,1H3,(H2,17,18,19). The molecule has 0 aliphatic rings. The molecule has 2 aromatic rings. The maximum absolute atomic E-state index is 13.2. The molecule has 4 nitrogen and oxygen atoms in total. The Hall–Kier alpha value is -2.48. The first-order valence-electron chi connectivity index (χ1n) is 5.93. The minimum absolute atomic E-state index is 0.141. The van der Waals surface area contributed by atoms with Crippen molar-refractivity contribution in [1.82, 2.24) is 9.97 Å². The summed E-state index contributed by atoms with van der Waals surface area (Å²) in [5, 5.41) is 9.21. The van der Waals surface area contributed by atoms with E-state index in [9.17, 15) is 9.65 Å². The van der Waals surface area contributed by atoms with E-state index in [1.54, 1.807) is 12.1 Å². The molecule has 2 rings (SSSR count). The average molecular weight is 256 g/mol.